The molecule has 0 spiro atoms. The van der Waals surface area contributed by atoms with Crippen LogP contribution in [-0.4, -0.2) is 5.54 Å². The van der Waals surface area contributed by atoms with Crippen LogP contribution in [0.1, 0.15) is 71.6 Å². The molecular formula is C14H27N. The van der Waals surface area contributed by atoms with Gasteiger partial charge in [-0.2, -0.15) is 0 Å². The third-order valence-corrected chi connectivity index (χ3v) is 5.44. The lowest BCUT2D eigenvalue weighted by atomic mass is 9.55. The molecule has 2 aliphatic rings. The summed E-state index contributed by atoms with van der Waals surface area (Å²) in [6.07, 6.45) is 12.4. The SMILES string of the molecule is CC1CCCCC1(N)C1(C)CCCCC1. The maximum absolute atomic E-state index is 6.81. The summed E-state index contributed by atoms with van der Waals surface area (Å²) in [5.74, 6) is 0.731. The predicted octanol–water partition coefficient (Wildman–Crippen LogP) is 3.86. The van der Waals surface area contributed by atoms with Gasteiger partial charge in [0, 0.05) is 5.54 Å². The van der Waals surface area contributed by atoms with Crippen LogP contribution in [0.4, 0.5) is 0 Å². The fourth-order valence-corrected chi connectivity index (χ4v) is 4.07. The van der Waals surface area contributed by atoms with Gasteiger partial charge in [-0.05, 0) is 37.0 Å². The molecule has 2 atom stereocenters. The lowest BCUT2D eigenvalue weighted by Crippen LogP contribution is -2.60. The summed E-state index contributed by atoms with van der Waals surface area (Å²) in [5, 5.41) is 0. The van der Waals surface area contributed by atoms with E-state index in [0.29, 0.717) is 5.41 Å². The zero-order valence-electron chi connectivity index (χ0n) is 10.5. The van der Waals surface area contributed by atoms with Crippen LogP contribution in [0.2, 0.25) is 0 Å². The predicted molar refractivity (Wildman–Crippen MR) is 65.7 cm³/mol. The maximum Gasteiger partial charge on any atom is 0.0234 e. The van der Waals surface area contributed by atoms with Crippen molar-refractivity contribution in [1.29, 1.82) is 0 Å². The smallest absolute Gasteiger partial charge is 0.0234 e. The second kappa shape index (κ2) is 4.08. The minimum atomic E-state index is 0.145. The average molecular weight is 209 g/mol. The molecule has 1 heteroatoms. The van der Waals surface area contributed by atoms with Gasteiger partial charge in [0.05, 0.1) is 0 Å². The van der Waals surface area contributed by atoms with Crippen LogP contribution in [0, 0.1) is 11.3 Å². The molecule has 0 radical (unpaired) electrons. The molecule has 0 aliphatic heterocycles. The van der Waals surface area contributed by atoms with Gasteiger partial charge in [0.1, 0.15) is 0 Å². The van der Waals surface area contributed by atoms with Gasteiger partial charge in [-0.1, -0.05) is 46.0 Å². The van der Waals surface area contributed by atoms with E-state index in [-0.39, 0.29) is 5.54 Å². The Balaban J connectivity index is 2.17. The molecule has 0 aromatic heterocycles. The van der Waals surface area contributed by atoms with Gasteiger partial charge >= 0.3 is 0 Å². The summed E-state index contributed by atoms with van der Waals surface area (Å²) >= 11 is 0. The average Bonchev–Trinajstić information content (AvgIpc) is 2.23. The molecule has 0 amide bonds. The van der Waals surface area contributed by atoms with Crippen molar-refractivity contribution < 1.29 is 0 Å². The third kappa shape index (κ3) is 1.84. The van der Waals surface area contributed by atoms with Crippen molar-refractivity contribution in [3.8, 4) is 0 Å². The number of hydrogen-bond acceptors (Lipinski definition) is 1. The van der Waals surface area contributed by atoms with E-state index in [1.807, 2.05) is 0 Å². The van der Waals surface area contributed by atoms with Gasteiger partial charge in [0.25, 0.3) is 0 Å². The Hall–Kier alpha value is -0.0400. The first-order valence-corrected chi connectivity index (χ1v) is 6.87. The first kappa shape index (κ1) is 11.4. The van der Waals surface area contributed by atoms with Crippen LogP contribution in [-0.2, 0) is 0 Å². The Labute approximate surface area is 94.8 Å². The molecule has 0 bridgehead atoms. The number of hydrogen-bond donors (Lipinski definition) is 1. The molecule has 2 rings (SSSR count). The van der Waals surface area contributed by atoms with E-state index >= 15 is 0 Å². The standard InChI is InChI=1S/C14H27N/c1-12-8-4-7-11-14(12,15)13(2)9-5-3-6-10-13/h12H,3-11,15H2,1-2H3. The Bertz CT molecular complexity index is 217. The monoisotopic (exact) mass is 209 g/mol. The van der Waals surface area contributed by atoms with Gasteiger partial charge in [-0.3, -0.25) is 0 Å². The highest BCUT2D eigenvalue weighted by Crippen LogP contribution is 2.51. The Kier molecular flexibility index (Phi) is 3.12. The quantitative estimate of drug-likeness (QED) is 0.697. The van der Waals surface area contributed by atoms with Gasteiger partial charge in [-0.15, -0.1) is 0 Å². The second-order valence-electron chi connectivity index (χ2n) is 6.31. The summed E-state index contributed by atoms with van der Waals surface area (Å²) in [7, 11) is 0. The zero-order chi connectivity index (χ0) is 10.9. The maximum atomic E-state index is 6.81. The van der Waals surface area contributed by atoms with Crippen LogP contribution in [0.15, 0.2) is 0 Å². The van der Waals surface area contributed by atoms with E-state index in [0.717, 1.165) is 5.92 Å². The van der Waals surface area contributed by atoms with E-state index in [4.69, 9.17) is 5.73 Å². The molecule has 2 aliphatic carbocycles. The molecule has 1 nitrogen and oxygen atoms in total. The van der Waals surface area contributed by atoms with Crippen LogP contribution in [0.25, 0.3) is 0 Å². The highest BCUT2D eigenvalue weighted by molar-refractivity contribution is 5.05. The lowest BCUT2D eigenvalue weighted by Gasteiger charge is -2.54. The molecule has 88 valence electrons. The zero-order valence-corrected chi connectivity index (χ0v) is 10.5. The van der Waals surface area contributed by atoms with Crippen molar-refractivity contribution in [3.63, 3.8) is 0 Å². The number of nitrogens with two attached hydrogens (primary N) is 1. The number of rotatable bonds is 1. The molecule has 2 N–H and O–H groups in total. The largest absolute Gasteiger partial charge is 0.324 e. The first-order chi connectivity index (χ1) is 7.08. The third-order valence-electron chi connectivity index (χ3n) is 5.44. The highest BCUT2D eigenvalue weighted by Gasteiger charge is 2.49. The van der Waals surface area contributed by atoms with Gasteiger partial charge < -0.3 is 5.73 Å². The van der Waals surface area contributed by atoms with Crippen molar-refractivity contribution >= 4 is 0 Å². The van der Waals surface area contributed by atoms with Crippen molar-refractivity contribution in [2.45, 2.75) is 77.2 Å². The molecule has 2 unspecified atom stereocenters. The Morgan fingerprint density at radius 2 is 1.53 bits per heavy atom. The van der Waals surface area contributed by atoms with E-state index in [9.17, 15) is 0 Å². The molecule has 0 heterocycles. The van der Waals surface area contributed by atoms with Gasteiger partial charge in [-0.25, -0.2) is 0 Å². The minimum Gasteiger partial charge on any atom is -0.324 e. The summed E-state index contributed by atoms with van der Waals surface area (Å²) in [6, 6.07) is 0. The first-order valence-electron chi connectivity index (χ1n) is 6.87. The summed E-state index contributed by atoms with van der Waals surface area (Å²) in [6.45, 7) is 4.85. The normalized spacial score (nSPS) is 41.4. The van der Waals surface area contributed by atoms with Crippen molar-refractivity contribution in [3.05, 3.63) is 0 Å². The molecule has 0 aromatic rings. The molecular weight excluding hydrogens is 182 g/mol. The Morgan fingerprint density at radius 1 is 0.933 bits per heavy atom. The molecule has 2 fully saturated rings. The topological polar surface area (TPSA) is 26.0 Å². The summed E-state index contributed by atoms with van der Waals surface area (Å²) < 4.78 is 0. The summed E-state index contributed by atoms with van der Waals surface area (Å²) in [5.41, 5.74) is 7.39. The van der Waals surface area contributed by atoms with E-state index in [1.54, 1.807) is 0 Å². The fraction of sp³-hybridized carbons (Fsp3) is 1.00. The van der Waals surface area contributed by atoms with Crippen molar-refractivity contribution in [2.24, 2.45) is 17.1 Å². The second-order valence-corrected chi connectivity index (χ2v) is 6.31. The van der Waals surface area contributed by atoms with Gasteiger partial charge in [0.2, 0.25) is 0 Å². The highest BCUT2D eigenvalue weighted by atomic mass is 14.8. The molecule has 0 aromatic carbocycles. The van der Waals surface area contributed by atoms with Crippen molar-refractivity contribution in [2.75, 3.05) is 0 Å². The lowest BCUT2D eigenvalue weighted by molar-refractivity contribution is 0.0168. The van der Waals surface area contributed by atoms with E-state index in [1.165, 1.54) is 57.8 Å². The van der Waals surface area contributed by atoms with Crippen LogP contribution in [0.3, 0.4) is 0 Å². The van der Waals surface area contributed by atoms with Gasteiger partial charge in [0.15, 0.2) is 0 Å². The Morgan fingerprint density at radius 3 is 2.13 bits per heavy atom. The summed E-state index contributed by atoms with van der Waals surface area (Å²) in [4.78, 5) is 0. The van der Waals surface area contributed by atoms with Crippen LogP contribution < -0.4 is 5.73 Å². The minimum absolute atomic E-state index is 0.145. The van der Waals surface area contributed by atoms with E-state index in [2.05, 4.69) is 13.8 Å². The van der Waals surface area contributed by atoms with Crippen LogP contribution in [0.5, 0.6) is 0 Å². The molecule has 15 heavy (non-hydrogen) atoms. The molecule has 0 saturated heterocycles. The molecule has 2 saturated carbocycles. The van der Waals surface area contributed by atoms with Crippen LogP contribution >= 0.6 is 0 Å². The van der Waals surface area contributed by atoms with Crippen molar-refractivity contribution in [1.82, 2.24) is 0 Å². The van der Waals surface area contributed by atoms with E-state index < -0.39 is 0 Å². The fourth-order valence-electron chi connectivity index (χ4n) is 4.07.